The summed E-state index contributed by atoms with van der Waals surface area (Å²) in [4.78, 5) is 22.2. The number of phenols is 1. The average Bonchev–Trinajstić information content (AvgIpc) is 2.21. The Labute approximate surface area is 92.8 Å². The number of ether oxygens (including phenoxy) is 1. The van der Waals surface area contributed by atoms with Crippen molar-refractivity contribution < 1.29 is 19.4 Å². The second kappa shape index (κ2) is 4.65. The van der Waals surface area contributed by atoms with E-state index in [2.05, 4.69) is 0 Å². The van der Waals surface area contributed by atoms with E-state index in [1.165, 1.54) is 13.0 Å². The van der Waals surface area contributed by atoms with Crippen LogP contribution in [0.3, 0.4) is 0 Å². The topological polar surface area (TPSA) is 89.6 Å². The van der Waals surface area contributed by atoms with Crippen molar-refractivity contribution in [2.45, 2.75) is 20.0 Å². The van der Waals surface area contributed by atoms with Crippen LogP contribution in [0.4, 0.5) is 0 Å². The highest BCUT2D eigenvalue weighted by Crippen LogP contribution is 2.22. The van der Waals surface area contributed by atoms with Crippen LogP contribution in [0.15, 0.2) is 18.2 Å². The Bertz CT molecular complexity index is 428. The van der Waals surface area contributed by atoms with Gasteiger partial charge in [-0.1, -0.05) is 12.1 Å². The number of primary amides is 1. The van der Waals surface area contributed by atoms with Gasteiger partial charge in [-0.3, -0.25) is 4.79 Å². The third kappa shape index (κ3) is 2.50. The second-order valence-electron chi connectivity index (χ2n) is 3.42. The van der Waals surface area contributed by atoms with Gasteiger partial charge in [-0.05, 0) is 25.5 Å². The van der Waals surface area contributed by atoms with Crippen LogP contribution in [0.5, 0.6) is 5.75 Å². The molecule has 0 aliphatic rings. The third-order valence-corrected chi connectivity index (χ3v) is 2.14. The number of carbonyl (C=O) groups excluding carboxylic acids is 2. The maximum atomic E-state index is 11.5. The van der Waals surface area contributed by atoms with Crippen LogP contribution >= 0.6 is 0 Å². The minimum atomic E-state index is -1.02. The molecule has 86 valence electrons. The fourth-order valence-corrected chi connectivity index (χ4v) is 1.11. The standard InChI is InChI=1S/C11H13NO4/c1-6-4-3-5-8(9(6)13)11(15)16-7(2)10(12)14/h3-5,7,13H,1-2H3,(H2,12,14)/t7-/m1/s1. The molecule has 0 aromatic heterocycles. The molecule has 1 aromatic carbocycles. The first-order valence-electron chi connectivity index (χ1n) is 4.72. The molecule has 1 aromatic rings. The number of aryl methyl sites for hydroxylation is 1. The van der Waals surface area contributed by atoms with Gasteiger partial charge in [0.15, 0.2) is 6.10 Å². The van der Waals surface area contributed by atoms with Crippen molar-refractivity contribution in [3.63, 3.8) is 0 Å². The summed E-state index contributed by atoms with van der Waals surface area (Å²) in [6.45, 7) is 3.02. The minimum absolute atomic E-state index is 0.0214. The molecule has 0 unspecified atom stereocenters. The number of amides is 1. The molecular weight excluding hydrogens is 210 g/mol. The summed E-state index contributed by atoms with van der Waals surface area (Å²) in [5.41, 5.74) is 5.53. The summed E-state index contributed by atoms with van der Waals surface area (Å²) in [5, 5.41) is 9.60. The fourth-order valence-electron chi connectivity index (χ4n) is 1.11. The summed E-state index contributed by atoms with van der Waals surface area (Å²) in [6, 6.07) is 4.68. The first-order valence-corrected chi connectivity index (χ1v) is 4.72. The third-order valence-electron chi connectivity index (χ3n) is 2.14. The SMILES string of the molecule is Cc1cccc(C(=O)O[C@H](C)C(N)=O)c1O. The normalized spacial score (nSPS) is 11.9. The largest absolute Gasteiger partial charge is 0.507 e. The first kappa shape index (κ1) is 12.0. The zero-order valence-electron chi connectivity index (χ0n) is 9.06. The van der Waals surface area contributed by atoms with Crippen molar-refractivity contribution in [3.05, 3.63) is 29.3 Å². The Kier molecular flexibility index (Phi) is 3.50. The van der Waals surface area contributed by atoms with E-state index in [1.807, 2.05) is 0 Å². The maximum Gasteiger partial charge on any atom is 0.342 e. The molecule has 0 bridgehead atoms. The predicted octanol–water partition coefficient (Wildman–Crippen LogP) is 0.731. The van der Waals surface area contributed by atoms with E-state index in [9.17, 15) is 14.7 Å². The number of hydrogen-bond donors (Lipinski definition) is 2. The number of benzene rings is 1. The van der Waals surface area contributed by atoms with Crippen LogP contribution < -0.4 is 5.73 Å². The minimum Gasteiger partial charge on any atom is -0.507 e. The lowest BCUT2D eigenvalue weighted by Gasteiger charge is -2.11. The van der Waals surface area contributed by atoms with Crippen LogP contribution in [0.25, 0.3) is 0 Å². The highest BCUT2D eigenvalue weighted by molar-refractivity contribution is 5.94. The number of carbonyl (C=O) groups is 2. The molecular formula is C11H13NO4. The Morgan fingerprint density at radius 3 is 2.62 bits per heavy atom. The lowest BCUT2D eigenvalue weighted by Crippen LogP contribution is -2.30. The highest BCUT2D eigenvalue weighted by atomic mass is 16.5. The summed E-state index contributed by atoms with van der Waals surface area (Å²) in [6.07, 6.45) is -1.02. The highest BCUT2D eigenvalue weighted by Gasteiger charge is 2.19. The van der Waals surface area contributed by atoms with Crippen LogP contribution in [0.2, 0.25) is 0 Å². The Morgan fingerprint density at radius 1 is 1.44 bits per heavy atom. The van der Waals surface area contributed by atoms with Gasteiger partial charge in [0.25, 0.3) is 5.91 Å². The van der Waals surface area contributed by atoms with Gasteiger partial charge in [-0.15, -0.1) is 0 Å². The number of esters is 1. The number of phenolic OH excluding ortho intramolecular Hbond substituents is 1. The molecule has 0 fully saturated rings. The monoisotopic (exact) mass is 223 g/mol. The van der Waals surface area contributed by atoms with Gasteiger partial charge >= 0.3 is 5.97 Å². The molecule has 0 aliphatic heterocycles. The summed E-state index contributed by atoms with van der Waals surface area (Å²) in [7, 11) is 0. The van der Waals surface area contributed by atoms with Crippen LogP contribution in [-0.2, 0) is 9.53 Å². The second-order valence-corrected chi connectivity index (χ2v) is 3.42. The number of para-hydroxylation sites is 1. The zero-order valence-corrected chi connectivity index (χ0v) is 9.06. The Hall–Kier alpha value is -2.04. The van der Waals surface area contributed by atoms with E-state index in [4.69, 9.17) is 10.5 Å². The number of rotatable bonds is 3. The molecule has 0 saturated carbocycles. The molecule has 1 rings (SSSR count). The van der Waals surface area contributed by atoms with Crippen LogP contribution in [0, 0.1) is 6.92 Å². The van der Waals surface area contributed by atoms with E-state index in [0.717, 1.165) is 0 Å². The predicted molar refractivity (Wildman–Crippen MR) is 56.9 cm³/mol. The molecule has 1 amide bonds. The summed E-state index contributed by atoms with van der Waals surface area (Å²) >= 11 is 0. The summed E-state index contributed by atoms with van der Waals surface area (Å²) in [5.74, 6) is -1.66. The maximum absolute atomic E-state index is 11.5. The van der Waals surface area contributed by atoms with Crippen molar-refractivity contribution in [3.8, 4) is 5.75 Å². The van der Waals surface area contributed by atoms with E-state index in [0.29, 0.717) is 5.56 Å². The smallest absolute Gasteiger partial charge is 0.342 e. The van der Waals surface area contributed by atoms with Crippen molar-refractivity contribution in [2.75, 3.05) is 0 Å². The van der Waals surface area contributed by atoms with Gasteiger partial charge in [0.1, 0.15) is 11.3 Å². The quantitative estimate of drug-likeness (QED) is 0.739. The van der Waals surface area contributed by atoms with Gasteiger partial charge in [0.2, 0.25) is 0 Å². The van der Waals surface area contributed by atoms with Crippen LogP contribution in [0.1, 0.15) is 22.8 Å². The van der Waals surface area contributed by atoms with Crippen molar-refractivity contribution >= 4 is 11.9 Å². The van der Waals surface area contributed by atoms with E-state index < -0.39 is 18.0 Å². The van der Waals surface area contributed by atoms with Gasteiger partial charge in [-0.2, -0.15) is 0 Å². The summed E-state index contributed by atoms with van der Waals surface area (Å²) < 4.78 is 4.76. The van der Waals surface area contributed by atoms with Gasteiger partial charge in [0, 0.05) is 0 Å². The van der Waals surface area contributed by atoms with Gasteiger partial charge in [-0.25, -0.2) is 4.79 Å². The van der Waals surface area contributed by atoms with E-state index in [-0.39, 0.29) is 11.3 Å². The molecule has 16 heavy (non-hydrogen) atoms. The number of nitrogens with two attached hydrogens (primary N) is 1. The van der Waals surface area contributed by atoms with Crippen LogP contribution in [-0.4, -0.2) is 23.1 Å². The molecule has 0 saturated heterocycles. The van der Waals surface area contributed by atoms with Crippen molar-refractivity contribution in [1.82, 2.24) is 0 Å². The molecule has 0 spiro atoms. The van der Waals surface area contributed by atoms with E-state index in [1.54, 1.807) is 19.1 Å². The average molecular weight is 223 g/mol. The molecule has 0 radical (unpaired) electrons. The van der Waals surface area contributed by atoms with Gasteiger partial charge < -0.3 is 15.6 Å². The van der Waals surface area contributed by atoms with Gasteiger partial charge in [0.05, 0.1) is 0 Å². The number of hydrogen-bond acceptors (Lipinski definition) is 4. The van der Waals surface area contributed by atoms with Crippen molar-refractivity contribution in [2.24, 2.45) is 5.73 Å². The Balaban J connectivity index is 2.89. The zero-order chi connectivity index (χ0) is 12.3. The number of aromatic hydroxyl groups is 1. The lowest BCUT2D eigenvalue weighted by atomic mass is 10.1. The molecule has 0 heterocycles. The van der Waals surface area contributed by atoms with E-state index >= 15 is 0 Å². The molecule has 3 N–H and O–H groups in total. The Morgan fingerprint density at radius 2 is 2.06 bits per heavy atom. The van der Waals surface area contributed by atoms with Crippen molar-refractivity contribution in [1.29, 1.82) is 0 Å². The molecule has 1 atom stereocenters. The fraction of sp³-hybridized carbons (Fsp3) is 0.273. The molecule has 0 aliphatic carbocycles. The molecule has 5 nitrogen and oxygen atoms in total. The lowest BCUT2D eigenvalue weighted by molar-refractivity contribution is -0.125. The first-order chi connectivity index (χ1) is 7.43. The molecule has 5 heteroatoms.